The van der Waals surface area contributed by atoms with Crippen LogP contribution in [0.1, 0.15) is 26.3 Å². The first-order chi connectivity index (χ1) is 11.0. The van der Waals surface area contributed by atoms with E-state index in [0.29, 0.717) is 16.1 Å². The molecule has 2 aromatic carbocycles. The highest BCUT2D eigenvalue weighted by Gasteiger charge is 2.09. The molecule has 0 aliphatic carbocycles. The highest BCUT2D eigenvalue weighted by molar-refractivity contribution is 9.10. The Balaban J connectivity index is 1.96. The third-order valence-electron chi connectivity index (χ3n) is 2.91. The lowest BCUT2D eigenvalue weighted by molar-refractivity contribution is 0.0957. The summed E-state index contributed by atoms with van der Waals surface area (Å²) in [5.74, 6) is 4.94. The zero-order valence-corrected chi connectivity index (χ0v) is 14.2. The maximum atomic E-state index is 12.0. The fourth-order valence-electron chi connectivity index (χ4n) is 1.76. The minimum absolute atomic E-state index is 0.180. The summed E-state index contributed by atoms with van der Waals surface area (Å²) in [4.78, 5) is 23.0. The van der Waals surface area contributed by atoms with E-state index in [9.17, 15) is 9.59 Å². The van der Waals surface area contributed by atoms with Crippen LogP contribution in [-0.4, -0.2) is 18.4 Å². The second-order valence-corrected chi connectivity index (χ2v) is 5.87. The molecule has 23 heavy (non-hydrogen) atoms. The fraction of sp³-hybridized carbons (Fsp3) is 0.0588. The van der Waals surface area contributed by atoms with Gasteiger partial charge in [-0.15, -0.1) is 0 Å². The number of benzene rings is 2. The maximum Gasteiger partial charge on any atom is 0.253 e. The molecule has 2 aromatic rings. The lowest BCUT2D eigenvalue weighted by Crippen LogP contribution is -2.23. The van der Waals surface area contributed by atoms with E-state index < -0.39 is 5.91 Å². The molecule has 0 aromatic heterocycles. The third kappa shape index (κ3) is 4.85. The number of amides is 2. The summed E-state index contributed by atoms with van der Waals surface area (Å²) in [6.07, 6.45) is 0. The van der Waals surface area contributed by atoms with Gasteiger partial charge in [-0.2, -0.15) is 0 Å². The van der Waals surface area contributed by atoms with Gasteiger partial charge in [-0.3, -0.25) is 9.59 Å². The van der Waals surface area contributed by atoms with Gasteiger partial charge in [0, 0.05) is 15.6 Å². The Morgan fingerprint density at radius 1 is 1.17 bits per heavy atom. The van der Waals surface area contributed by atoms with Gasteiger partial charge in [0.25, 0.3) is 5.91 Å². The van der Waals surface area contributed by atoms with Gasteiger partial charge in [0.05, 0.1) is 17.1 Å². The lowest BCUT2D eigenvalue weighted by Gasteiger charge is -2.04. The van der Waals surface area contributed by atoms with E-state index in [0.717, 1.165) is 10.0 Å². The molecule has 3 N–H and O–H groups in total. The van der Waals surface area contributed by atoms with Crippen molar-refractivity contribution in [2.24, 2.45) is 5.73 Å². The first kappa shape index (κ1) is 17.1. The molecule has 2 amide bonds. The molecule has 4 nitrogen and oxygen atoms in total. The van der Waals surface area contributed by atoms with Gasteiger partial charge >= 0.3 is 0 Å². The summed E-state index contributed by atoms with van der Waals surface area (Å²) < 4.78 is 0.771. The quantitative estimate of drug-likeness (QED) is 0.790. The predicted octanol–water partition coefficient (Wildman–Crippen LogP) is 2.98. The molecule has 0 spiro atoms. The molecule has 0 unspecified atom stereocenters. The van der Waals surface area contributed by atoms with Gasteiger partial charge in [0.1, 0.15) is 0 Å². The Morgan fingerprint density at radius 2 is 1.87 bits per heavy atom. The molecule has 0 bridgehead atoms. The van der Waals surface area contributed by atoms with Crippen molar-refractivity contribution in [3.8, 4) is 11.8 Å². The maximum absolute atomic E-state index is 12.0. The normalized spacial score (nSPS) is 9.65. The molecular weight excluding hydrogens is 380 g/mol. The van der Waals surface area contributed by atoms with Crippen LogP contribution in [0.15, 0.2) is 46.9 Å². The Hall–Kier alpha value is -2.29. The van der Waals surface area contributed by atoms with E-state index in [-0.39, 0.29) is 12.5 Å². The van der Waals surface area contributed by atoms with E-state index >= 15 is 0 Å². The van der Waals surface area contributed by atoms with Crippen LogP contribution in [0, 0.1) is 11.8 Å². The highest BCUT2D eigenvalue weighted by atomic mass is 79.9. The summed E-state index contributed by atoms with van der Waals surface area (Å²) >= 11 is 9.28. The molecule has 0 atom stereocenters. The van der Waals surface area contributed by atoms with Crippen LogP contribution in [0.25, 0.3) is 0 Å². The van der Waals surface area contributed by atoms with Crippen molar-refractivity contribution >= 4 is 39.3 Å². The minimum Gasteiger partial charge on any atom is -0.366 e. The molecule has 0 saturated carbocycles. The van der Waals surface area contributed by atoms with Crippen molar-refractivity contribution in [3.05, 3.63) is 68.7 Å². The van der Waals surface area contributed by atoms with Gasteiger partial charge < -0.3 is 11.1 Å². The highest BCUT2D eigenvalue weighted by Crippen LogP contribution is 2.20. The number of hydrogen-bond acceptors (Lipinski definition) is 2. The molecule has 0 aliphatic rings. The van der Waals surface area contributed by atoms with Gasteiger partial charge in [-0.25, -0.2) is 0 Å². The van der Waals surface area contributed by atoms with Crippen molar-refractivity contribution in [3.63, 3.8) is 0 Å². The van der Waals surface area contributed by atoms with Crippen LogP contribution in [-0.2, 0) is 0 Å². The van der Waals surface area contributed by atoms with Crippen LogP contribution in [0.5, 0.6) is 0 Å². The predicted molar refractivity (Wildman–Crippen MR) is 93.3 cm³/mol. The van der Waals surface area contributed by atoms with Crippen LogP contribution in [0.4, 0.5) is 0 Å². The number of rotatable bonds is 3. The van der Waals surface area contributed by atoms with Crippen molar-refractivity contribution in [1.29, 1.82) is 0 Å². The number of hydrogen-bond donors (Lipinski definition) is 2. The van der Waals surface area contributed by atoms with Crippen LogP contribution in [0.3, 0.4) is 0 Å². The number of nitrogens with one attached hydrogen (secondary N) is 1. The second kappa shape index (κ2) is 7.82. The molecule has 0 heterocycles. The average molecular weight is 392 g/mol. The Morgan fingerprint density at radius 3 is 2.52 bits per heavy atom. The molecule has 0 fully saturated rings. The summed E-state index contributed by atoms with van der Waals surface area (Å²) in [7, 11) is 0. The van der Waals surface area contributed by atoms with E-state index in [1.54, 1.807) is 42.5 Å². The standard InChI is InChI=1S/C17H12BrClN2O2/c18-13-7-8-15(19)14(10-13)17(23)21-9-1-2-11-3-5-12(6-4-11)16(20)22/h3-8,10H,9H2,(H2,20,22)(H,21,23). The van der Waals surface area contributed by atoms with E-state index in [4.69, 9.17) is 17.3 Å². The molecule has 0 radical (unpaired) electrons. The minimum atomic E-state index is -0.484. The third-order valence-corrected chi connectivity index (χ3v) is 3.74. The van der Waals surface area contributed by atoms with Crippen LogP contribution in [0.2, 0.25) is 5.02 Å². The first-order valence-electron chi connectivity index (χ1n) is 6.59. The van der Waals surface area contributed by atoms with Gasteiger partial charge in [-0.05, 0) is 42.5 Å². The van der Waals surface area contributed by atoms with E-state index in [1.807, 2.05) is 0 Å². The number of carbonyl (C=O) groups is 2. The van der Waals surface area contributed by atoms with Crippen molar-refractivity contribution in [1.82, 2.24) is 5.32 Å². The monoisotopic (exact) mass is 390 g/mol. The van der Waals surface area contributed by atoms with Crippen LogP contribution >= 0.6 is 27.5 Å². The Kier molecular flexibility index (Phi) is 5.80. The number of primary amides is 1. The lowest BCUT2D eigenvalue weighted by atomic mass is 10.1. The summed E-state index contributed by atoms with van der Waals surface area (Å²) in [5.41, 5.74) is 6.69. The topological polar surface area (TPSA) is 72.2 Å². The van der Waals surface area contributed by atoms with Gasteiger partial charge in [-0.1, -0.05) is 39.4 Å². The molecule has 0 saturated heterocycles. The smallest absolute Gasteiger partial charge is 0.253 e. The van der Waals surface area contributed by atoms with Crippen molar-refractivity contribution < 1.29 is 9.59 Å². The Bertz CT molecular complexity index is 808. The molecule has 2 rings (SSSR count). The van der Waals surface area contributed by atoms with E-state index in [2.05, 4.69) is 33.1 Å². The van der Waals surface area contributed by atoms with Gasteiger partial charge in [0.15, 0.2) is 0 Å². The average Bonchev–Trinajstić information content (AvgIpc) is 2.54. The SMILES string of the molecule is NC(=O)c1ccc(C#CCNC(=O)c2cc(Br)ccc2Cl)cc1. The Labute approximate surface area is 147 Å². The van der Waals surface area contributed by atoms with Crippen molar-refractivity contribution in [2.75, 3.05) is 6.54 Å². The summed E-state index contributed by atoms with van der Waals surface area (Å²) in [6, 6.07) is 11.6. The molecule has 116 valence electrons. The first-order valence-corrected chi connectivity index (χ1v) is 7.76. The summed E-state index contributed by atoms with van der Waals surface area (Å²) in [6.45, 7) is 0.180. The largest absolute Gasteiger partial charge is 0.366 e. The summed E-state index contributed by atoms with van der Waals surface area (Å²) in [5, 5.41) is 3.05. The zero-order chi connectivity index (χ0) is 16.8. The zero-order valence-electron chi connectivity index (χ0n) is 11.9. The molecule has 0 aliphatic heterocycles. The fourth-order valence-corrected chi connectivity index (χ4v) is 2.32. The van der Waals surface area contributed by atoms with E-state index in [1.165, 1.54) is 0 Å². The number of carbonyl (C=O) groups excluding carboxylic acids is 2. The number of halogens is 2. The second-order valence-electron chi connectivity index (χ2n) is 4.55. The van der Waals surface area contributed by atoms with Crippen molar-refractivity contribution in [2.45, 2.75) is 0 Å². The molecular formula is C17H12BrClN2O2. The number of nitrogens with two attached hydrogens (primary N) is 1. The van der Waals surface area contributed by atoms with Gasteiger partial charge in [0.2, 0.25) is 5.91 Å². The van der Waals surface area contributed by atoms with Crippen LogP contribution < -0.4 is 11.1 Å². The molecule has 6 heteroatoms.